The Morgan fingerprint density at radius 2 is 1.95 bits per heavy atom. The first-order valence-electron chi connectivity index (χ1n) is 8.47. The molecule has 1 heterocycles. The second-order valence-electron chi connectivity index (χ2n) is 8.32. The van der Waals surface area contributed by atoms with Crippen molar-refractivity contribution in [2.75, 3.05) is 0 Å². The fourth-order valence-corrected chi connectivity index (χ4v) is 5.93. The molecule has 5 fully saturated rings. The van der Waals surface area contributed by atoms with Crippen molar-refractivity contribution in [3.8, 4) is 0 Å². The molecule has 1 aliphatic heterocycles. The van der Waals surface area contributed by atoms with Crippen LogP contribution >= 0.6 is 0 Å². The van der Waals surface area contributed by atoms with E-state index in [1.165, 1.54) is 6.42 Å². The molecule has 5 rings (SSSR count). The molecule has 0 amide bonds. The maximum atomic E-state index is 12.3. The van der Waals surface area contributed by atoms with E-state index < -0.39 is 17.7 Å². The van der Waals surface area contributed by atoms with Crippen molar-refractivity contribution in [1.82, 2.24) is 0 Å². The third-order valence-electron chi connectivity index (χ3n) is 6.07. The number of carbonyl (C=O) groups is 2. The Hall–Kier alpha value is -1.10. The highest BCUT2D eigenvalue weighted by Gasteiger charge is 2.57. The number of aliphatic hydroxyl groups is 1. The standard InChI is InChI=1S/C17H24O5/c1-10-2-13(15(19)21-10)22-14(18)8-16-4-11-3-12(5-16)7-17(20,6-11)9-16/h10-13,20H,2-9H2,1H3/t10-,11-,12-,13+,16?,17?/m1/s1. The van der Waals surface area contributed by atoms with Gasteiger partial charge in [0, 0.05) is 6.42 Å². The molecule has 5 aliphatic rings. The third-order valence-corrected chi connectivity index (χ3v) is 6.07. The lowest BCUT2D eigenvalue weighted by Gasteiger charge is -2.60. The Bertz CT molecular complexity index is 499. The smallest absolute Gasteiger partial charge is 0.347 e. The average Bonchev–Trinajstić information content (AvgIpc) is 2.63. The van der Waals surface area contributed by atoms with Crippen LogP contribution < -0.4 is 0 Å². The van der Waals surface area contributed by atoms with Gasteiger partial charge in [-0.1, -0.05) is 0 Å². The third kappa shape index (κ3) is 2.43. The molecule has 0 unspecified atom stereocenters. The van der Waals surface area contributed by atoms with Crippen LogP contribution in [0.1, 0.15) is 58.3 Å². The van der Waals surface area contributed by atoms with E-state index in [1.54, 1.807) is 6.92 Å². The quantitative estimate of drug-likeness (QED) is 0.807. The fraction of sp³-hybridized carbons (Fsp3) is 0.882. The Balaban J connectivity index is 1.42. The van der Waals surface area contributed by atoms with Crippen LogP contribution in [0.5, 0.6) is 0 Å². The fourth-order valence-electron chi connectivity index (χ4n) is 5.93. The van der Waals surface area contributed by atoms with E-state index >= 15 is 0 Å². The molecule has 0 aromatic heterocycles. The number of rotatable bonds is 3. The van der Waals surface area contributed by atoms with Crippen LogP contribution in [0.4, 0.5) is 0 Å². The molecule has 0 radical (unpaired) electrons. The monoisotopic (exact) mass is 308 g/mol. The summed E-state index contributed by atoms with van der Waals surface area (Å²) < 4.78 is 10.4. The number of cyclic esters (lactones) is 1. The summed E-state index contributed by atoms with van der Waals surface area (Å²) in [5, 5.41) is 10.7. The molecule has 0 aromatic rings. The van der Waals surface area contributed by atoms with Crippen LogP contribution in [0.25, 0.3) is 0 Å². The number of hydrogen-bond donors (Lipinski definition) is 1. The molecule has 1 N–H and O–H groups in total. The second-order valence-corrected chi connectivity index (χ2v) is 8.32. The van der Waals surface area contributed by atoms with Gasteiger partial charge in [-0.2, -0.15) is 0 Å². The molecule has 5 heteroatoms. The van der Waals surface area contributed by atoms with E-state index in [-0.39, 0.29) is 17.5 Å². The van der Waals surface area contributed by atoms with Crippen molar-refractivity contribution in [2.45, 2.75) is 76.1 Å². The van der Waals surface area contributed by atoms with Gasteiger partial charge in [0.1, 0.15) is 6.10 Å². The molecule has 0 spiro atoms. The maximum Gasteiger partial charge on any atom is 0.347 e. The van der Waals surface area contributed by atoms with Gasteiger partial charge in [0.25, 0.3) is 0 Å². The van der Waals surface area contributed by atoms with E-state index in [0.717, 1.165) is 25.7 Å². The van der Waals surface area contributed by atoms with Crippen molar-refractivity contribution in [1.29, 1.82) is 0 Å². The summed E-state index contributed by atoms with van der Waals surface area (Å²) >= 11 is 0. The van der Waals surface area contributed by atoms with E-state index in [9.17, 15) is 14.7 Å². The summed E-state index contributed by atoms with van der Waals surface area (Å²) in [5.74, 6) is 0.373. The van der Waals surface area contributed by atoms with Gasteiger partial charge in [0.15, 0.2) is 0 Å². The highest BCUT2D eigenvalue weighted by Crippen LogP contribution is 2.62. The minimum atomic E-state index is -0.737. The largest absolute Gasteiger partial charge is 0.460 e. The lowest BCUT2D eigenvalue weighted by Crippen LogP contribution is -2.56. The Labute approximate surface area is 130 Å². The predicted molar refractivity (Wildman–Crippen MR) is 76.7 cm³/mol. The zero-order chi connectivity index (χ0) is 15.5. The van der Waals surface area contributed by atoms with Crippen molar-refractivity contribution in [3.05, 3.63) is 0 Å². The van der Waals surface area contributed by atoms with Crippen molar-refractivity contribution in [2.24, 2.45) is 17.3 Å². The van der Waals surface area contributed by atoms with Gasteiger partial charge < -0.3 is 14.6 Å². The summed E-state index contributed by atoms with van der Waals surface area (Å²) in [7, 11) is 0. The highest BCUT2D eigenvalue weighted by atomic mass is 16.6. The van der Waals surface area contributed by atoms with Gasteiger partial charge in [0.2, 0.25) is 6.10 Å². The van der Waals surface area contributed by atoms with Crippen molar-refractivity contribution in [3.63, 3.8) is 0 Å². The molecule has 4 saturated carbocycles. The number of esters is 2. The van der Waals surface area contributed by atoms with Gasteiger partial charge in [0.05, 0.1) is 12.0 Å². The molecule has 4 atom stereocenters. The van der Waals surface area contributed by atoms with Crippen LogP contribution in [0.3, 0.4) is 0 Å². The molecule has 4 aliphatic carbocycles. The molecule has 4 bridgehead atoms. The minimum Gasteiger partial charge on any atom is -0.460 e. The number of ether oxygens (including phenoxy) is 2. The maximum absolute atomic E-state index is 12.3. The summed E-state index contributed by atoms with van der Waals surface area (Å²) in [6.07, 6.45) is 5.62. The average molecular weight is 308 g/mol. The Kier molecular flexibility index (Phi) is 3.09. The molecule has 5 nitrogen and oxygen atoms in total. The van der Waals surface area contributed by atoms with E-state index in [0.29, 0.717) is 31.1 Å². The summed E-state index contributed by atoms with van der Waals surface area (Å²) in [6.45, 7) is 1.81. The van der Waals surface area contributed by atoms with E-state index in [4.69, 9.17) is 9.47 Å². The SMILES string of the molecule is C[C@@H]1C[C@H](OC(=O)CC23C[C@H]4C[C@@H](CC(O)(C4)C2)C3)C(=O)O1. The zero-order valence-electron chi connectivity index (χ0n) is 13.0. The van der Waals surface area contributed by atoms with Crippen LogP contribution in [-0.4, -0.2) is 34.9 Å². The molecule has 0 aromatic carbocycles. The zero-order valence-corrected chi connectivity index (χ0v) is 13.0. The highest BCUT2D eigenvalue weighted by molar-refractivity contribution is 5.81. The lowest BCUT2D eigenvalue weighted by atomic mass is 9.47. The van der Waals surface area contributed by atoms with Crippen LogP contribution in [0.2, 0.25) is 0 Å². The molecular formula is C17H24O5. The molecule has 1 saturated heterocycles. The van der Waals surface area contributed by atoms with Crippen LogP contribution in [0, 0.1) is 17.3 Å². The summed E-state index contributed by atoms with van der Waals surface area (Å²) in [6, 6.07) is 0. The van der Waals surface area contributed by atoms with Gasteiger partial charge in [-0.15, -0.1) is 0 Å². The van der Waals surface area contributed by atoms with Gasteiger partial charge in [-0.05, 0) is 62.7 Å². The first-order valence-corrected chi connectivity index (χ1v) is 8.47. The Morgan fingerprint density at radius 1 is 1.27 bits per heavy atom. The van der Waals surface area contributed by atoms with Gasteiger partial charge >= 0.3 is 11.9 Å². The van der Waals surface area contributed by atoms with Crippen molar-refractivity contribution < 1.29 is 24.2 Å². The summed E-state index contributed by atoms with van der Waals surface area (Å²) in [5.41, 5.74) is -0.671. The normalized spacial score (nSPS) is 49.3. The van der Waals surface area contributed by atoms with Gasteiger partial charge in [-0.25, -0.2) is 4.79 Å². The first kappa shape index (κ1) is 14.5. The van der Waals surface area contributed by atoms with E-state index in [1.807, 2.05) is 0 Å². The number of carbonyl (C=O) groups excluding carboxylic acids is 2. The summed E-state index contributed by atoms with van der Waals surface area (Å²) in [4.78, 5) is 23.9. The topological polar surface area (TPSA) is 72.8 Å². The van der Waals surface area contributed by atoms with Crippen molar-refractivity contribution >= 4 is 11.9 Å². The number of hydrogen-bond acceptors (Lipinski definition) is 5. The second kappa shape index (κ2) is 4.70. The molecular weight excluding hydrogens is 284 g/mol. The Morgan fingerprint density at radius 3 is 2.50 bits per heavy atom. The van der Waals surface area contributed by atoms with Gasteiger partial charge in [-0.3, -0.25) is 4.79 Å². The van der Waals surface area contributed by atoms with Crippen LogP contribution in [0.15, 0.2) is 0 Å². The molecule has 122 valence electrons. The molecule has 22 heavy (non-hydrogen) atoms. The predicted octanol–water partition coefficient (Wildman–Crippen LogP) is 1.96. The lowest BCUT2D eigenvalue weighted by molar-refractivity contribution is -0.181. The van der Waals surface area contributed by atoms with E-state index in [2.05, 4.69) is 0 Å². The first-order chi connectivity index (χ1) is 10.3. The minimum absolute atomic E-state index is 0.107. The van der Waals surface area contributed by atoms with Crippen LogP contribution in [-0.2, 0) is 19.1 Å².